The summed E-state index contributed by atoms with van der Waals surface area (Å²) in [6.45, 7) is 2.13. The molecule has 0 saturated carbocycles. The van der Waals surface area contributed by atoms with Crippen molar-refractivity contribution < 1.29 is 0 Å². The summed E-state index contributed by atoms with van der Waals surface area (Å²) in [4.78, 5) is 2.32. The molecule has 2 N–H and O–H groups in total. The van der Waals surface area contributed by atoms with Crippen LogP contribution in [0, 0.1) is 0 Å². The zero-order chi connectivity index (χ0) is 10.2. The normalized spacial score (nSPS) is 10.8. The highest BCUT2D eigenvalue weighted by atomic mass is 32.2. The highest BCUT2D eigenvalue weighted by Crippen LogP contribution is 2.03. The standard InChI is InChI=1S/C11H18N2S/c1-13(8-5-9-14-12)10-11-6-3-2-4-7-11/h2-4,6-7H,5,8-10,12H2,1H3. The monoisotopic (exact) mass is 210 g/mol. The fourth-order valence-electron chi connectivity index (χ4n) is 1.39. The molecule has 14 heavy (non-hydrogen) atoms. The van der Waals surface area contributed by atoms with Crippen molar-refractivity contribution in [2.24, 2.45) is 5.14 Å². The van der Waals surface area contributed by atoms with Crippen molar-refractivity contribution in [2.75, 3.05) is 19.3 Å². The second kappa shape index (κ2) is 6.87. The molecule has 0 spiro atoms. The van der Waals surface area contributed by atoms with E-state index in [1.165, 1.54) is 17.5 Å². The predicted octanol–water partition coefficient (Wildman–Crippen LogP) is 2.12. The first-order chi connectivity index (χ1) is 6.83. The van der Waals surface area contributed by atoms with Gasteiger partial charge in [-0.2, -0.15) is 0 Å². The molecule has 0 aromatic heterocycles. The molecule has 2 nitrogen and oxygen atoms in total. The molecule has 0 amide bonds. The van der Waals surface area contributed by atoms with Crippen LogP contribution in [-0.2, 0) is 6.54 Å². The number of nitrogens with zero attached hydrogens (tertiary/aromatic N) is 1. The van der Waals surface area contributed by atoms with Gasteiger partial charge in [-0.05, 0) is 25.6 Å². The quantitative estimate of drug-likeness (QED) is 0.576. The van der Waals surface area contributed by atoms with E-state index in [0.29, 0.717) is 0 Å². The first-order valence-electron chi connectivity index (χ1n) is 4.87. The third kappa shape index (κ3) is 4.65. The Kier molecular flexibility index (Phi) is 5.68. The fourth-order valence-corrected chi connectivity index (χ4v) is 1.69. The number of benzene rings is 1. The fraction of sp³-hybridized carbons (Fsp3) is 0.455. The van der Waals surface area contributed by atoms with Gasteiger partial charge in [0.2, 0.25) is 0 Å². The molecule has 0 aliphatic heterocycles. The van der Waals surface area contributed by atoms with Crippen LogP contribution in [0.15, 0.2) is 30.3 Å². The maximum Gasteiger partial charge on any atom is 0.0230 e. The van der Waals surface area contributed by atoms with Crippen molar-refractivity contribution in [2.45, 2.75) is 13.0 Å². The van der Waals surface area contributed by atoms with Gasteiger partial charge in [0.25, 0.3) is 0 Å². The second-order valence-electron chi connectivity index (χ2n) is 3.45. The molecule has 1 aromatic carbocycles. The molecule has 0 atom stereocenters. The first kappa shape index (κ1) is 11.6. The molecule has 0 aliphatic rings. The van der Waals surface area contributed by atoms with Crippen LogP contribution in [-0.4, -0.2) is 24.2 Å². The molecule has 1 aromatic rings. The molecule has 0 bridgehead atoms. The van der Waals surface area contributed by atoms with Crippen LogP contribution in [0.1, 0.15) is 12.0 Å². The Hall–Kier alpha value is -0.510. The van der Waals surface area contributed by atoms with E-state index in [-0.39, 0.29) is 0 Å². The van der Waals surface area contributed by atoms with Crippen molar-refractivity contribution in [3.05, 3.63) is 35.9 Å². The predicted molar refractivity (Wildman–Crippen MR) is 64.0 cm³/mol. The van der Waals surface area contributed by atoms with E-state index in [1.54, 1.807) is 0 Å². The largest absolute Gasteiger partial charge is 0.302 e. The van der Waals surface area contributed by atoms with E-state index in [1.807, 2.05) is 0 Å². The Morgan fingerprint density at radius 3 is 2.64 bits per heavy atom. The van der Waals surface area contributed by atoms with Gasteiger partial charge in [0.05, 0.1) is 0 Å². The van der Waals surface area contributed by atoms with Crippen LogP contribution < -0.4 is 5.14 Å². The smallest absolute Gasteiger partial charge is 0.0230 e. The SMILES string of the molecule is CN(CCCSN)Cc1ccccc1. The van der Waals surface area contributed by atoms with Gasteiger partial charge < -0.3 is 4.90 Å². The molecule has 0 radical (unpaired) electrons. The van der Waals surface area contributed by atoms with Crippen molar-refractivity contribution >= 4 is 11.9 Å². The van der Waals surface area contributed by atoms with E-state index >= 15 is 0 Å². The topological polar surface area (TPSA) is 29.3 Å². The average Bonchev–Trinajstić information content (AvgIpc) is 2.20. The summed E-state index contributed by atoms with van der Waals surface area (Å²) in [5.74, 6) is 1.04. The van der Waals surface area contributed by atoms with E-state index < -0.39 is 0 Å². The highest BCUT2D eigenvalue weighted by molar-refractivity contribution is 7.97. The summed E-state index contributed by atoms with van der Waals surface area (Å²) in [5.41, 5.74) is 1.37. The van der Waals surface area contributed by atoms with Crippen LogP contribution in [0.4, 0.5) is 0 Å². The van der Waals surface area contributed by atoms with E-state index in [9.17, 15) is 0 Å². The summed E-state index contributed by atoms with van der Waals surface area (Å²) in [7, 11) is 2.15. The maximum absolute atomic E-state index is 5.37. The lowest BCUT2D eigenvalue weighted by atomic mass is 10.2. The molecule has 78 valence electrons. The first-order valence-corrected chi connectivity index (χ1v) is 5.92. The molecule has 3 heteroatoms. The van der Waals surface area contributed by atoms with Crippen molar-refractivity contribution in [3.63, 3.8) is 0 Å². The number of nitrogens with two attached hydrogens (primary N) is 1. The molecule has 0 heterocycles. The average molecular weight is 210 g/mol. The van der Waals surface area contributed by atoms with E-state index in [2.05, 4.69) is 42.3 Å². The Balaban J connectivity index is 2.23. The van der Waals surface area contributed by atoms with Gasteiger partial charge in [0.1, 0.15) is 0 Å². The van der Waals surface area contributed by atoms with Gasteiger partial charge in [-0.1, -0.05) is 42.3 Å². The van der Waals surface area contributed by atoms with Crippen LogP contribution in [0.25, 0.3) is 0 Å². The summed E-state index contributed by atoms with van der Waals surface area (Å²) in [5, 5.41) is 5.37. The zero-order valence-electron chi connectivity index (χ0n) is 8.65. The molecule has 0 fully saturated rings. The Bertz CT molecular complexity index is 238. The Labute approximate surface area is 90.6 Å². The van der Waals surface area contributed by atoms with Gasteiger partial charge in [0, 0.05) is 12.3 Å². The minimum absolute atomic E-state index is 1.02. The molecule has 1 rings (SSSR count). The van der Waals surface area contributed by atoms with Crippen LogP contribution in [0.5, 0.6) is 0 Å². The van der Waals surface area contributed by atoms with Crippen molar-refractivity contribution in [1.82, 2.24) is 4.90 Å². The van der Waals surface area contributed by atoms with E-state index in [4.69, 9.17) is 5.14 Å². The molecular weight excluding hydrogens is 192 g/mol. The van der Waals surface area contributed by atoms with Gasteiger partial charge in [0.15, 0.2) is 0 Å². The Morgan fingerprint density at radius 2 is 2.00 bits per heavy atom. The maximum atomic E-state index is 5.37. The Morgan fingerprint density at radius 1 is 1.29 bits per heavy atom. The third-order valence-electron chi connectivity index (χ3n) is 2.10. The van der Waals surface area contributed by atoms with E-state index in [0.717, 1.165) is 25.3 Å². The minimum Gasteiger partial charge on any atom is -0.302 e. The summed E-state index contributed by atoms with van der Waals surface area (Å²) in [6, 6.07) is 10.5. The molecular formula is C11H18N2S. The molecule has 0 aliphatic carbocycles. The number of rotatable bonds is 6. The molecule has 0 saturated heterocycles. The minimum atomic E-state index is 1.02. The van der Waals surface area contributed by atoms with Crippen LogP contribution in [0.3, 0.4) is 0 Å². The summed E-state index contributed by atoms with van der Waals surface area (Å²) < 4.78 is 0. The number of hydrogen-bond donors (Lipinski definition) is 1. The summed E-state index contributed by atoms with van der Waals surface area (Å²) in [6.07, 6.45) is 1.16. The lowest BCUT2D eigenvalue weighted by molar-refractivity contribution is 0.328. The highest BCUT2D eigenvalue weighted by Gasteiger charge is 1.98. The van der Waals surface area contributed by atoms with Gasteiger partial charge >= 0.3 is 0 Å². The van der Waals surface area contributed by atoms with Gasteiger partial charge in [-0.25, -0.2) is 0 Å². The lowest BCUT2D eigenvalue weighted by Gasteiger charge is -2.15. The third-order valence-corrected chi connectivity index (χ3v) is 2.62. The zero-order valence-corrected chi connectivity index (χ0v) is 9.46. The van der Waals surface area contributed by atoms with Crippen LogP contribution >= 0.6 is 11.9 Å². The lowest BCUT2D eigenvalue weighted by Crippen LogP contribution is -2.19. The van der Waals surface area contributed by atoms with Crippen LogP contribution in [0.2, 0.25) is 0 Å². The van der Waals surface area contributed by atoms with Crippen molar-refractivity contribution in [1.29, 1.82) is 0 Å². The van der Waals surface area contributed by atoms with Gasteiger partial charge in [-0.3, -0.25) is 5.14 Å². The second-order valence-corrected chi connectivity index (χ2v) is 4.19. The number of hydrogen-bond acceptors (Lipinski definition) is 3. The molecule has 0 unspecified atom stereocenters. The van der Waals surface area contributed by atoms with Gasteiger partial charge in [-0.15, -0.1) is 0 Å². The summed E-state index contributed by atoms with van der Waals surface area (Å²) >= 11 is 1.42. The van der Waals surface area contributed by atoms with Crippen molar-refractivity contribution in [3.8, 4) is 0 Å².